The molecule has 0 bridgehead atoms. The summed E-state index contributed by atoms with van der Waals surface area (Å²) >= 11 is 0. The molecule has 16 atom stereocenters. The number of rotatable bonds is 61. The second-order valence-corrected chi connectivity index (χ2v) is 33.2. The summed E-state index contributed by atoms with van der Waals surface area (Å²) in [4.78, 5) is 230. The van der Waals surface area contributed by atoms with Crippen LogP contribution in [-0.2, 0) is 172 Å². The molecule has 139 heavy (non-hydrogen) atoms. The van der Waals surface area contributed by atoms with Gasteiger partial charge in [-0.1, -0.05) is 38.5 Å². The first-order valence-corrected chi connectivity index (χ1v) is 45.8. The fourth-order valence-electron chi connectivity index (χ4n) is 15.2. The molecule has 784 valence electrons. The van der Waals surface area contributed by atoms with Crippen molar-refractivity contribution in [3.63, 3.8) is 0 Å². The zero-order chi connectivity index (χ0) is 103. The Balaban J connectivity index is 1.28. The largest absolute Gasteiger partial charge is 0.463 e. The minimum atomic E-state index is -2.50. The van der Waals surface area contributed by atoms with Crippen LogP contribution in [0.2, 0.25) is 0 Å². The maximum Gasteiger partial charge on any atom is 0.311 e. The fraction of sp³-hybridized carbons (Fsp3) is 0.730. The van der Waals surface area contributed by atoms with E-state index in [1.54, 1.807) is 0 Å². The van der Waals surface area contributed by atoms with Crippen molar-refractivity contribution < 1.29 is 198 Å². The SMILES string of the molecule is CC(=O)NC1C(OCCCCCCNC(=O)CCOCC(COCCC(=O)NCCCCCCOC2OC(COC(C)=O)C(OC(C)=O)C(OC(C)=O)C2NC(C)=O)(COCCC(=O)NCCCCCCOC2OC(COC(C)=O)C(OC(C)=O)C(OC(C)=O)C2NC(C)=O)NC(=O)C2CCCN2C(=O)CCCC(=O)Oc2c(F)c(F)c(F)c(F)c2F)OC(COC(C)=O)C(OC(C)=O)C1OC(C)=O. The van der Waals surface area contributed by atoms with Crippen molar-refractivity contribution in [1.82, 2.24) is 42.1 Å². The van der Waals surface area contributed by atoms with Crippen LogP contribution in [0, 0.1) is 29.1 Å². The molecule has 4 saturated heterocycles. The van der Waals surface area contributed by atoms with Crippen LogP contribution in [0.1, 0.15) is 212 Å². The Morgan fingerprint density at radius 2 is 0.655 bits per heavy atom. The molecule has 45 nitrogen and oxygen atoms in total. The number of nitrogens with zero attached hydrogens (tertiary/aromatic N) is 1. The van der Waals surface area contributed by atoms with Crippen molar-refractivity contribution in [3.05, 3.63) is 29.1 Å². The van der Waals surface area contributed by atoms with E-state index in [1.165, 1.54) is 25.7 Å². The number of ether oxygens (including phenoxy) is 19. The van der Waals surface area contributed by atoms with Gasteiger partial charge >= 0.3 is 59.7 Å². The van der Waals surface area contributed by atoms with E-state index in [0.29, 0.717) is 77.0 Å². The molecular formula is C89H131F5N8O37. The third-order valence-corrected chi connectivity index (χ3v) is 21.2. The molecule has 50 heteroatoms. The summed E-state index contributed by atoms with van der Waals surface area (Å²) in [7, 11) is 0. The van der Waals surface area contributed by atoms with Gasteiger partial charge in [0.2, 0.25) is 82.1 Å². The molecular weight excluding hydrogens is 1870 g/mol. The molecule has 5 rings (SSSR count). The minimum Gasteiger partial charge on any atom is -0.463 e. The van der Waals surface area contributed by atoms with Crippen molar-refractivity contribution in [2.75, 3.05) is 105 Å². The van der Waals surface area contributed by atoms with Gasteiger partial charge in [-0.25, -0.2) is 13.2 Å². The first-order chi connectivity index (χ1) is 65.9. The second-order valence-electron chi connectivity index (χ2n) is 33.2. The topological polar surface area (TPSA) is 570 Å². The van der Waals surface area contributed by atoms with E-state index in [-0.39, 0.29) is 97.9 Å². The van der Waals surface area contributed by atoms with Gasteiger partial charge in [0.25, 0.3) is 0 Å². The Hall–Kier alpha value is -11.0. The second kappa shape index (κ2) is 62.2. The van der Waals surface area contributed by atoms with Crippen molar-refractivity contribution in [1.29, 1.82) is 0 Å². The summed E-state index contributed by atoms with van der Waals surface area (Å²) in [5.41, 5.74) is -1.77. The van der Waals surface area contributed by atoms with Crippen LogP contribution in [0.25, 0.3) is 0 Å². The molecule has 0 radical (unpaired) electrons. The predicted molar refractivity (Wildman–Crippen MR) is 462 cm³/mol. The number of esters is 10. The number of unbranched alkanes of at least 4 members (excludes halogenated alkanes) is 9. The molecule has 0 aliphatic carbocycles. The Morgan fingerprint density at radius 1 is 0.353 bits per heavy atom. The average Bonchev–Trinajstić information content (AvgIpc) is 1.40. The Labute approximate surface area is 799 Å². The Morgan fingerprint density at radius 3 is 0.957 bits per heavy atom. The first kappa shape index (κ1) is 118. The Bertz CT molecular complexity index is 3940. The molecule has 1 aromatic rings. The zero-order valence-corrected chi connectivity index (χ0v) is 80.1. The lowest BCUT2D eigenvalue weighted by Crippen LogP contribution is -2.66. The molecule has 0 saturated carbocycles. The number of halogens is 5. The standard InChI is InChI=1S/C89H131F5N8O37/c1-49(103)98-75-82(133-58(10)112)78(130-55(7)109)62(43-127-52(4)106)136-86(75)124-37-22-16-13-19-33-95-65(115)30-40-121-46-89(101-85(120)61-27-26-36-102(61)68(118)28-25-29-69(119)139-81-73(93)71(91)70(90)72(92)74(81)94,47-122-41-31-66(116)96-34-20-14-17-23-38-125-87-76(99-50(2)104)83(134-59(11)113)79(131-56(8)110)63(137-87)44-128-53(5)107)48-123-42-32-67(117)97-35-21-15-18-24-39-126-88-77(100-51(3)105)84(135-60(12)114)80(132-57(9)111)64(138-88)45-129-54(6)108/h61-64,75-80,82-84,86-88H,13-48H2,1-12H3,(H,95,115)(H,96,116)(H,97,117)(H,98,103)(H,99,104)(H,100,105)(H,101,120). The van der Waals surface area contributed by atoms with Crippen LogP contribution in [0.15, 0.2) is 0 Å². The normalized spacial score (nSPS) is 22.5. The molecule has 7 N–H and O–H groups in total. The fourth-order valence-corrected chi connectivity index (χ4v) is 15.2. The van der Waals surface area contributed by atoms with E-state index in [1.807, 2.05) is 0 Å². The monoisotopic (exact) mass is 2000 g/mol. The van der Waals surface area contributed by atoms with Gasteiger partial charge in [-0.3, -0.25) is 86.3 Å². The van der Waals surface area contributed by atoms with Gasteiger partial charge in [-0.15, -0.1) is 0 Å². The van der Waals surface area contributed by atoms with Crippen LogP contribution >= 0.6 is 0 Å². The van der Waals surface area contributed by atoms with Gasteiger partial charge in [-0.05, 0) is 57.8 Å². The summed E-state index contributed by atoms with van der Waals surface area (Å²) in [6, 6.07) is -4.81. The number of likely N-dealkylation sites (tertiary alicyclic amines) is 1. The minimum absolute atomic E-state index is 0.0115. The smallest absolute Gasteiger partial charge is 0.311 e. The van der Waals surface area contributed by atoms with Crippen LogP contribution < -0.4 is 42.0 Å². The van der Waals surface area contributed by atoms with Crippen LogP contribution in [-0.4, -0.2) is 321 Å². The van der Waals surface area contributed by atoms with E-state index >= 15 is 0 Å². The summed E-state index contributed by atoms with van der Waals surface area (Å²) < 4.78 is 178. The molecule has 16 unspecified atom stereocenters. The quantitative estimate of drug-likeness (QED) is 0.00937. The van der Waals surface area contributed by atoms with Crippen molar-refractivity contribution >= 4 is 107 Å². The number of carbonyl (C=O) groups is 18. The van der Waals surface area contributed by atoms with Gasteiger partial charge in [0, 0.05) is 161 Å². The van der Waals surface area contributed by atoms with Gasteiger partial charge in [0.15, 0.2) is 55.5 Å². The lowest BCUT2D eigenvalue weighted by molar-refractivity contribution is -0.277. The molecule has 4 aliphatic rings. The third-order valence-electron chi connectivity index (χ3n) is 21.2. The van der Waals surface area contributed by atoms with Crippen LogP contribution in [0.5, 0.6) is 5.75 Å². The van der Waals surface area contributed by atoms with E-state index in [0.717, 1.165) is 62.3 Å². The molecule has 0 aromatic heterocycles. The van der Waals surface area contributed by atoms with E-state index in [9.17, 15) is 108 Å². The molecule has 1 aromatic carbocycles. The molecule has 0 spiro atoms. The van der Waals surface area contributed by atoms with E-state index in [2.05, 4.69) is 42.0 Å². The van der Waals surface area contributed by atoms with Crippen molar-refractivity contribution in [3.8, 4) is 5.75 Å². The van der Waals surface area contributed by atoms with Gasteiger partial charge in [0.05, 0.1) is 39.6 Å². The molecule has 8 amide bonds. The number of carbonyl (C=O) groups excluding carboxylic acids is 18. The highest BCUT2D eigenvalue weighted by atomic mass is 19.2. The van der Waals surface area contributed by atoms with E-state index in [4.69, 9.17) is 85.3 Å². The number of benzene rings is 1. The maximum atomic E-state index is 14.9. The lowest BCUT2D eigenvalue weighted by Gasteiger charge is -2.44. The van der Waals surface area contributed by atoms with Gasteiger partial charge in [0.1, 0.15) is 67.8 Å². The molecule has 4 aliphatic heterocycles. The predicted octanol–water partition coefficient (Wildman–Crippen LogP) is 2.57. The lowest BCUT2D eigenvalue weighted by atomic mass is 9.96. The summed E-state index contributed by atoms with van der Waals surface area (Å²) in [6.45, 7) is 10.6. The summed E-state index contributed by atoms with van der Waals surface area (Å²) in [6.07, 6.45) is -11.7. The Kier molecular flexibility index (Phi) is 53.0. The number of hydrogen-bond acceptors (Lipinski definition) is 37. The summed E-state index contributed by atoms with van der Waals surface area (Å²) in [5, 5.41) is 19.2. The average molecular weight is 2000 g/mol. The third kappa shape index (κ3) is 43.3. The highest BCUT2D eigenvalue weighted by Gasteiger charge is 2.55. The van der Waals surface area contributed by atoms with Crippen molar-refractivity contribution in [2.24, 2.45) is 0 Å². The van der Waals surface area contributed by atoms with E-state index < -0.39 is 304 Å². The number of nitrogens with one attached hydrogen (secondary N) is 7. The maximum absolute atomic E-state index is 14.9. The molecule has 4 heterocycles. The first-order valence-electron chi connectivity index (χ1n) is 45.8. The number of hydrogen-bond donors (Lipinski definition) is 7. The van der Waals surface area contributed by atoms with Crippen molar-refractivity contribution in [2.45, 2.75) is 315 Å². The molecule has 4 fully saturated rings. The van der Waals surface area contributed by atoms with Gasteiger partial charge < -0.3 is 132 Å². The highest BCUT2D eigenvalue weighted by molar-refractivity contribution is 5.89. The van der Waals surface area contributed by atoms with Crippen LogP contribution in [0.3, 0.4) is 0 Å². The zero-order valence-electron chi connectivity index (χ0n) is 80.1. The van der Waals surface area contributed by atoms with Gasteiger partial charge in [-0.2, -0.15) is 8.78 Å². The highest BCUT2D eigenvalue weighted by Crippen LogP contribution is 2.34. The number of amides is 8. The van der Waals surface area contributed by atoms with Crippen LogP contribution in [0.4, 0.5) is 22.0 Å². The summed E-state index contributed by atoms with van der Waals surface area (Å²) in [5.74, 6) is -26.8.